The Morgan fingerprint density at radius 3 is 2.83 bits per heavy atom. The molecule has 1 aromatic carbocycles. The van der Waals surface area contributed by atoms with E-state index in [1.807, 2.05) is 29.6 Å². The molecule has 2 heterocycles. The first-order valence-corrected chi connectivity index (χ1v) is 8.50. The maximum atomic E-state index is 12.2. The zero-order valence-corrected chi connectivity index (χ0v) is 14.3. The van der Waals surface area contributed by atoms with E-state index in [0.717, 1.165) is 10.4 Å². The van der Waals surface area contributed by atoms with Gasteiger partial charge in [0.15, 0.2) is 10.6 Å². The fourth-order valence-electron chi connectivity index (χ4n) is 2.08. The van der Waals surface area contributed by atoms with E-state index in [2.05, 4.69) is 15.5 Å². The molecule has 3 aromatic rings. The van der Waals surface area contributed by atoms with E-state index in [0.29, 0.717) is 22.2 Å². The molecule has 1 amide bonds. The van der Waals surface area contributed by atoms with Crippen molar-refractivity contribution in [2.24, 2.45) is 0 Å². The van der Waals surface area contributed by atoms with Crippen molar-refractivity contribution in [2.45, 2.75) is 13.1 Å². The van der Waals surface area contributed by atoms with Crippen molar-refractivity contribution in [3.05, 3.63) is 56.4 Å². The largest absolute Gasteiger partial charge is 0.350 e. The Kier molecular flexibility index (Phi) is 4.90. The molecular weight excluding hydrogens is 352 g/mol. The minimum Gasteiger partial charge on any atom is -0.350 e. The molecule has 5 nitrogen and oxygen atoms in total. The van der Waals surface area contributed by atoms with Gasteiger partial charge in [-0.05, 0) is 47.9 Å². The highest BCUT2D eigenvalue weighted by molar-refractivity contribution is 7.71. The number of aromatic nitrogens is 3. The average Bonchev–Trinajstić information content (AvgIpc) is 3.17. The zero-order valence-electron chi connectivity index (χ0n) is 12.0. The van der Waals surface area contributed by atoms with Gasteiger partial charge in [0.25, 0.3) is 0 Å². The molecule has 0 bridgehead atoms. The summed E-state index contributed by atoms with van der Waals surface area (Å²) in [5.41, 5.74) is 0.841. The summed E-state index contributed by atoms with van der Waals surface area (Å²) in [4.78, 5) is 13.3. The average molecular weight is 365 g/mol. The summed E-state index contributed by atoms with van der Waals surface area (Å²) in [6.07, 6.45) is 0. The standard InChI is InChI=1S/C15H13ClN4OS2/c16-11-5-3-10(4-6-11)14-18-19-15(22)20(14)9-13(21)17-8-12-2-1-7-23-12/h1-7H,8-9H2,(H,17,21)(H,19,22). The number of carbonyl (C=O) groups excluding carboxylic acids is 1. The van der Waals surface area contributed by atoms with Crippen molar-refractivity contribution >= 4 is 41.1 Å². The number of benzene rings is 1. The highest BCUT2D eigenvalue weighted by Crippen LogP contribution is 2.19. The zero-order chi connectivity index (χ0) is 16.2. The van der Waals surface area contributed by atoms with Gasteiger partial charge in [-0.25, -0.2) is 0 Å². The lowest BCUT2D eigenvalue weighted by atomic mass is 10.2. The Bertz CT molecular complexity index is 852. The topological polar surface area (TPSA) is 62.7 Å². The van der Waals surface area contributed by atoms with E-state index in [1.54, 1.807) is 28.0 Å². The van der Waals surface area contributed by atoms with Crippen molar-refractivity contribution in [2.75, 3.05) is 0 Å². The Morgan fingerprint density at radius 1 is 1.35 bits per heavy atom. The van der Waals surface area contributed by atoms with Crippen LogP contribution in [0.4, 0.5) is 0 Å². The lowest BCUT2D eigenvalue weighted by molar-refractivity contribution is -0.121. The maximum Gasteiger partial charge on any atom is 0.240 e. The summed E-state index contributed by atoms with van der Waals surface area (Å²) in [7, 11) is 0. The molecule has 0 atom stereocenters. The van der Waals surface area contributed by atoms with Crippen LogP contribution in [0.3, 0.4) is 0 Å². The number of hydrogen-bond donors (Lipinski definition) is 2. The van der Waals surface area contributed by atoms with Gasteiger partial charge < -0.3 is 5.32 Å². The van der Waals surface area contributed by atoms with Gasteiger partial charge in [0.1, 0.15) is 6.54 Å². The molecule has 0 spiro atoms. The van der Waals surface area contributed by atoms with Crippen LogP contribution in [0.15, 0.2) is 41.8 Å². The molecule has 0 fully saturated rings. The predicted molar refractivity (Wildman–Crippen MR) is 94.0 cm³/mol. The minimum atomic E-state index is -0.119. The summed E-state index contributed by atoms with van der Waals surface area (Å²) >= 11 is 12.7. The van der Waals surface area contributed by atoms with Crippen molar-refractivity contribution in [3.8, 4) is 11.4 Å². The summed E-state index contributed by atoms with van der Waals surface area (Å²) in [6, 6.07) is 11.2. The van der Waals surface area contributed by atoms with E-state index in [9.17, 15) is 4.79 Å². The van der Waals surface area contributed by atoms with Crippen LogP contribution in [-0.4, -0.2) is 20.7 Å². The van der Waals surface area contributed by atoms with Crippen LogP contribution in [0.5, 0.6) is 0 Å². The third-order valence-electron chi connectivity index (χ3n) is 3.20. The Hall–Kier alpha value is -1.96. The summed E-state index contributed by atoms with van der Waals surface area (Å²) in [5, 5.41) is 12.4. The summed E-state index contributed by atoms with van der Waals surface area (Å²) < 4.78 is 2.07. The Morgan fingerprint density at radius 2 is 2.13 bits per heavy atom. The molecule has 3 rings (SSSR count). The number of carbonyl (C=O) groups is 1. The Balaban J connectivity index is 1.75. The van der Waals surface area contributed by atoms with Crippen LogP contribution >= 0.6 is 35.2 Å². The lowest BCUT2D eigenvalue weighted by Gasteiger charge is -2.07. The fraction of sp³-hybridized carbons (Fsp3) is 0.133. The highest BCUT2D eigenvalue weighted by Gasteiger charge is 2.12. The van der Waals surface area contributed by atoms with Crippen LogP contribution in [0, 0.1) is 4.77 Å². The Labute approximate surface area is 146 Å². The van der Waals surface area contributed by atoms with Crippen molar-refractivity contribution < 1.29 is 4.79 Å². The van der Waals surface area contributed by atoms with Crippen LogP contribution in [0.25, 0.3) is 11.4 Å². The number of thiophene rings is 1. The number of amides is 1. The number of H-pyrrole nitrogens is 1. The number of halogens is 1. The number of nitrogens with one attached hydrogen (secondary N) is 2. The normalized spacial score (nSPS) is 10.7. The van der Waals surface area contributed by atoms with Gasteiger partial charge in [0.2, 0.25) is 5.91 Å². The van der Waals surface area contributed by atoms with Crippen LogP contribution in [-0.2, 0) is 17.9 Å². The first kappa shape index (κ1) is 15.9. The first-order valence-electron chi connectivity index (χ1n) is 6.84. The second-order valence-electron chi connectivity index (χ2n) is 4.80. The van der Waals surface area contributed by atoms with Crippen molar-refractivity contribution in [1.29, 1.82) is 0 Å². The molecular formula is C15H13ClN4OS2. The number of aromatic amines is 1. The molecule has 2 aromatic heterocycles. The van der Waals surface area contributed by atoms with Gasteiger partial charge in [-0.1, -0.05) is 17.7 Å². The molecule has 8 heteroatoms. The molecule has 0 aliphatic rings. The van der Waals surface area contributed by atoms with Crippen LogP contribution in [0.1, 0.15) is 4.88 Å². The van der Waals surface area contributed by atoms with Crippen molar-refractivity contribution in [3.63, 3.8) is 0 Å². The quantitative estimate of drug-likeness (QED) is 0.679. The third-order valence-corrected chi connectivity index (χ3v) is 4.64. The number of nitrogens with zero attached hydrogens (tertiary/aromatic N) is 2. The third kappa shape index (κ3) is 3.87. The molecule has 0 saturated heterocycles. The van der Waals surface area contributed by atoms with Gasteiger partial charge >= 0.3 is 0 Å². The molecule has 0 aliphatic carbocycles. The van der Waals surface area contributed by atoms with Gasteiger partial charge in [-0.2, -0.15) is 5.10 Å². The van der Waals surface area contributed by atoms with E-state index in [-0.39, 0.29) is 12.5 Å². The predicted octanol–water partition coefficient (Wildman–Crippen LogP) is 3.64. The van der Waals surface area contributed by atoms with Crippen molar-refractivity contribution in [1.82, 2.24) is 20.1 Å². The lowest BCUT2D eigenvalue weighted by Crippen LogP contribution is -2.27. The molecule has 23 heavy (non-hydrogen) atoms. The monoisotopic (exact) mass is 364 g/mol. The van der Waals surface area contributed by atoms with Gasteiger partial charge in [0, 0.05) is 15.5 Å². The summed E-state index contributed by atoms with van der Waals surface area (Å²) in [6.45, 7) is 0.622. The molecule has 2 N–H and O–H groups in total. The second kappa shape index (κ2) is 7.08. The number of rotatable bonds is 5. The first-order chi connectivity index (χ1) is 11.1. The van der Waals surface area contributed by atoms with E-state index in [1.165, 1.54) is 0 Å². The fourth-order valence-corrected chi connectivity index (χ4v) is 3.05. The molecule has 0 unspecified atom stereocenters. The van der Waals surface area contributed by atoms with Gasteiger partial charge in [-0.3, -0.25) is 14.5 Å². The molecule has 118 valence electrons. The SMILES string of the molecule is O=C(Cn1c(-c2ccc(Cl)cc2)n[nH]c1=S)NCc1cccs1. The van der Waals surface area contributed by atoms with E-state index < -0.39 is 0 Å². The second-order valence-corrected chi connectivity index (χ2v) is 6.66. The molecule has 0 aliphatic heterocycles. The summed E-state index contributed by atoms with van der Waals surface area (Å²) in [5.74, 6) is 0.490. The molecule has 0 radical (unpaired) electrons. The van der Waals surface area contributed by atoms with E-state index in [4.69, 9.17) is 23.8 Å². The maximum absolute atomic E-state index is 12.2. The minimum absolute atomic E-state index is 0.110. The highest BCUT2D eigenvalue weighted by atomic mass is 35.5. The molecule has 0 saturated carbocycles. The number of hydrogen-bond acceptors (Lipinski definition) is 4. The van der Waals surface area contributed by atoms with Gasteiger partial charge in [-0.15, -0.1) is 11.3 Å². The van der Waals surface area contributed by atoms with E-state index >= 15 is 0 Å². The smallest absolute Gasteiger partial charge is 0.240 e. The van der Waals surface area contributed by atoms with Crippen LogP contribution in [0.2, 0.25) is 5.02 Å². The van der Waals surface area contributed by atoms with Crippen LogP contribution < -0.4 is 5.32 Å². The van der Waals surface area contributed by atoms with Gasteiger partial charge in [0.05, 0.1) is 6.54 Å².